The fourth-order valence-corrected chi connectivity index (χ4v) is 1.48. The van der Waals surface area contributed by atoms with Crippen molar-refractivity contribution in [3.05, 3.63) is 47.9 Å². The minimum absolute atomic E-state index is 0.678. The molecule has 98 valence electrons. The first kappa shape index (κ1) is 14.3. The number of pyridine rings is 1. The standard InChI is InChI=1S/C8H11NO.C7H10O/c1-3-7-4-5-8(10-2)9-6-7;1-8-7-5-3-2-4-6-7/h4-6H,3H2,1-2H3;3,5-6H,2,4H2,1H3. The van der Waals surface area contributed by atoms with Gasteiger partial charge < -0.3 is 9.47 Å². The van der Waals surface area contributed by atoms with Crippen molar-refractivity contribution >= 4 is 0 Å². The SMILES string of the molecule is CCc1ccc(OC)nc1.COC1=CCCC=C1. The highest BCUT2D eigenvalue weighted by atomic mass is 16.5. The summed E-state index contributed by atoms with van der Waals surface area (Å²) in [5.41, 5.74) is 1.24. The first-order valence-electron chi connectivity index (χ1n) is 6.19. The molecule has 0 unspecified atom stereocenters. The third kappa shape index (κ3) is 5.04. The molecule has 2 rings (SSSR count). The van der Waals surface area contributed by atoms with E-state index in [1.165, 1.54) is 5.56 Å². The molecule has 0 bridgehead atoms. The van der Waals surface area contributed by atoms with Crippen molar-refractivity contribution in [2.45, 2.75) is 26.2 Å². The van der Waals surface area contributed by atoms with Gasteiger partial charge in [-0.05, 0) is 37.0 Å². The number of allylic oxidation sites excluding steroid dienone is 3. The summed E-state index contributed by atoms with van der Waals surface area (Å²) in [7, 11) is 3.31. The Balaban J connectivity index is 0.000000184. The Morgan fingerprint density at radius 1 is 1.17 bits per heavy atom. The topological polar surface area (TPSA) is 31.4 Å². The van der Waals surface area contributed by atoms with Crippen molar-refractivity contribution in [3.63, 3.8) is 0 Å². The van der Waals surface area contributed by atoms with Crippen LogP contribution in [-0.4, -0.2) is 19.2 Å². The second kappa shape index (κ2) is 8.34. The zero-order valence-electron chi connectivity index (χ0n) is 11.3. The summed E-state index contributed by atoms with van der Waals surface area (Å²) in [6.07, 6.45) is 11.4. The molecule has 0 spiro atoms. The molecule has 0 saturated heterocycles. The van der Waals surface area contributed by atoms with Crippen LogP contribution >= 0.6 is 0 Å². The maximum atomic E-state index is 4.97. The minimum atomic E-state index is 0.678. The lowest BCUT2D eigenvalue weighted by molar-refractivity contribution is 0.303. The number of hydrogen-bond acceptors (Lipinski definition) is 3. The van der Waals surface area contributed by atoms with E-state index in [4.69, 9.17) is 9.47 Å². The summed E-state index contributed by atoms with van der Waals surface area (Å²) in [6, 6.07) is 3.89. The second-order valence-corrected chi connectivity index (χ2v) is 3.85. The monoisotopic (exact) mass is 247 g/mol. The van der Waals surface area contributed by atoms with Gasteiger partial charge in [-0.15, -0.1) is 0 Å². The van der Waals surface area contributed by atoms with E-state index in [0.717, 1.165) is 25.0 Å². The van der Waals surface area contributed by atoms with Crippen molar-refractivity contribution < 1.29 is 9.47 Å². The number of ether oxygens (including phenoxy) is 2. The molecule has 3 heteroatoms. The van der Waals surface area contributed by atoms with E-state index in [0.29, 0.717) is 5.88 Å². The van der Waals surface area contributed by atoms with Gasteiger partial charge in [0.1, 0.15) is 5.76 Å². The highest BCUT2D eigenvalue weighted by Crippen LogP contribution is 2.08. The molecule has 1 aromatic rings. The number of rotatable bonds is 3. The number of hydrogen-bond donors (Lipinski definition) is 0. The Kier molecular flexibility index (Phi) is 6.62. The van der Waals surface area contributed by atoms with Crippen LogP contribution in [0.3, 0.4) is 0 Å². The summed E-state index contributed by atoms with van der Waals surface area (Å²) >= 11 is 0. The molecule has 0 amide bonds. The Bertz CT molecular complexity index is 370. The Morgan fingerprint density at radius 3 is 2.39 bits per heavy atom. The van der Waals surface area contributed by atoms with Gasteiger partial charge in [0, 0.05) is 12.3 Å². The summed E-state index contributed by atoms with van der Waals surface area (Å²) in [4.78, 5) is 4.05. The van der Waals surface area contributed by atoms with Gasteiger partial charge in [-0.25, -0.2) is 4.98 Å². The predicted octanol–water partition coefficient (Wildman–Crippen LogP) is 3.52. The van der Waals surface area contributed by atoms with Gasteiger partial charge >= 0.3 is 0 Å². The fraction of sp³-hybridized carbons (Fsp3) is 0.400. The Hall–Kier alpha value is -1.77. The summed E-state index contributed by atoms with van der Waals surface area (Å²) in [5.74, 6) is 1.67. The van der Waals surface area contributed by atoms with Crippen molar-refractivity contribution in [1.29, 1.82) is 0 Å². The van der Waals surface area contributed by atoms with Gasteiger partial charge in [0.2, 0.25) is 5.88 Å². The molecule has 1 heterocycles. The maximum Gasteiger partial charge on any atom is 0.212 e. The fourth-order valence-electron chi connectivity index (χ4n) is 1.48. The van der Waals surface area contributed by atoms with Crippen LogP contribution in [0.4, 0.5) is 0 Å². The van der Waals surface area contributed by atoms with Crippen molar-refractivity contribution in [2.24, 2.45) is 0 Å². The van der Waals surface area contributed by atoms with E-state index in [1.807, 2.05) is 24.4 Å². The van der Waals surface area contributed by atoms with Crippen LogP contribution in [0.25, 0.3) is 0 Å². The van der Waals surface area contributed by atoms with Crippen molar-refractivity contribution in [1.82, 2.24) is 4.98 Å². The third-order valence-corrected chi connectivity index (χ3v) is 2.61. The van der Waals surface area contributed by atoms with E-state index in [-0.39, 0.29) is 0 Å². The molecule has 1 aromatic heterocycles. The molecule has 0 atom stereocenters. The highest BCUT2D eigenvalue weighted by molar-refractivity contribution is 5.17. The van der Waals surface area contributed by atoms with Crippen molar-refractivity contribution in [3.8, 4) is 5.88 Å². The maximum absolute atomic E-state index is 4.97. The van der Waals surface area contributed by atoms with Crippen LogP contribution < -0.4 is 4.74 Å². The first-order chi connectivity index (χ1) is 8.80. The molecule has 0 fully saturated rings. The van der Waals surface area contributed by atoms with E-state index in [9.17, 15) is 0 Å². The van der Waals surface area contributed by atoms with Gasteiger partial charge in [0.25, 0.3) is 0 Å². The zero-order chi connectivity index (χ0) is 13.2. The molecule has 0 aliphatic heterocycles. The van der Waals surface area contributed by atoms with E-state index in [2.05, 4.69) is 24.1 Å². The largest absolute Gasteiger partial charge is 0.497 e. The average Bonchev–Trinajstić information content (AvgIpc) is 2.49. The third-order valence-electron chi connectivity index (χ3n) is 2.61. The molecular formula is C15H21NO2. The van der Waals surface area contributed by atoms with Crippen molar-refractivity contribution in [2.75, 3.05) is 14.2 Å². The predicted molar refractivity (Wildman–Crippen MR) is 73.6 cm³/mol. The normalized spacial score (nSPS) is 13.2. The van der Waals surface area contributed by atoms with E-state index < -0.39 is 0 Å². The lowest BCUT2D eigenvalue weighted by atomic mass is 10.2. The molecule has 18 heavy (non-hydrogen) atoms. The average molecular weight is 247 g/mol. The van der Waals surface area contributed by atoms with E-state index in [1.54, 1.807) is 14.2 Å². The molecular weight excluding hydrogens is 226 g/mol. The van der Waals surface area contributed by atoms with Gasteiger partial charge in [-0.1, -0.05) is 19.1 Å². The van der Waals surface area contributed by atoms with Crippen LogP contribution in [0.15, 0.2) is 42.3 Å². The number of aryl methyl sites for hydroxylation is 1. The van der Waals surface area contributed by atoms with Crippen LogP contribution in [-0.2, 0) is 11.2 Å². The summed E-state index contributed by atoms with van der Waals surface area (Å²) in [5, 5.41) is 0. The molecule has 0 aromatic carbocycles. The number of methoxy groups -OCH3 is 2. The van der Waals surface area contributed by atoms with Crippen LogP contribution in [0, 0.1) is 0 Å². The smallest absolute Gasteiger partial charge is 0.212 e. The van der Waals surface area contributed by atoms with Gasteiger partial charge in [-0.2, -0.15) is 0 Å². The van der Waals surface area contributed by atoms with Gasteiger partial charge in [-0.3, -0.25) is 0 Å². The number of nitrogens with zero attached hydrogens (tertiary/aromatic N) is 1. The second-order valence-electron chi connectivity index (χ2n) is 3.85. The van der Waals surface area contributed by atoms with Crippen LogP contribution in [0.5, 0.6) is 5.88 Å². The first-order valence-corrected chi connectivity index (χ1v) is 6.19. The van der Waals surface area contributed by atoms with Gasteiger partial charge in [0.15, 0.2) is 0 Å². The number of aromatic nitrogens is 1. The lowest BCUT2D eigenvalue weighted by Crippen LogP contribution is -1.87. The molecule has 3 nitrogen and oxygen atoms in total. The molecule has 0 saturated carbocycles. The quantitative estimate of drug-likeness (QED) is 0.819. The van der Waals surface area contributed by atoms with E-state index >= 15 is 0 Å². The molecule has 1 aliphatic rings. The van der Waals surface area contributed by atoms with Crippen LogP contribution in [0.2, 0.25) is 0 Å². The highest BCUT2D eigenvalue weighted by Gasteiger charge is 1.92. The Morgan fingerprint density at radius 2 is 2.00 bits per heavy atom. The Labute approximate surface area is 109 Å². The van der Waals surface area contributed by atoms with Gasteiger partial charge in [0.05, 0.1) is 14.2 Å². The lowest BCUT2D eigenvalue weighted by Gasteiger charge is -2.02. The summed E-state index contributed by atoms with van der Waals surface area (Å²) in [6.45, 7) is 2.10. The molecule has 1 aliphatic carbocycles. The van der Waals surface area contributed by atoms with Crippen LogP contribution in [0.1, 0.15) is 25.3 Å². The molecule has 0 radical (unpaired) electrons. The zero-order valence-corrected chi connectivity index (χ0v) is 11.3. The minimum Gasteiger partial charge on any atom is -0.497 e. The molecule has 0 N–H and O–H groups in total. The summed E-state index contributed by atoms with van der Waals surface area (Å²) < 4.78 is 9.87.